The zero-order valence-electron chi connectivity index (χ0n) is 29.8. The van der Waals surface area contributed by atoms with Gasteiger partial charge in [0.2, 0.25) is 11.5 Å². The molecule has 0 amide bonds. The van der Waals surface area contributed by atoms with Crippen LogP contribution in [0.3, 0.4) is 0 Å². The molecule has 0 atom stereocenters. The first-order valence-electron chi connectivity index (χ1n) is 18.3. The van der Waals surface area contributed by atoms with E-state index < -0.39 is 34.5 Å². The Bertz CT molecular complexity index is 3210. The van der Waals surface area contributed by atoms with Gasteiger partial charge in [-0.25, -0.2) is 4.98 Å². The summed E-state index contributed by atoms with van der Waals surface area (Å²) in [5, 5.41) is 77.2. The van der Waals surface area contributed by atoms with Crippen LogP contribution in [0.2, 0.25) is 0 Å². The largest absolute Gasteiger partial charge is 0.504 e. The van der Waals surface area contributed by atoms with Gasteiger partial charge < -0.3 is 35.2 Å². The molecule has 11 aromatic rings. The van der Waals surface area contributed by atoms with E-state index in [1.54, 1.807) is 13.7 Å². The molecular formula is C47H30N4O6. The molecule has 0 aliphatic heterocycles. The lowest BCUT2D eigenvalue weighted by atomic mass is 9.98. The van der Waals surface area contributed by atoms with Gasteiger partial charge in [0, 0.05) is 32.3 Å². The molecule has 6 N–H and O–H groups in total. The Balaban J connectivity index is 1.37. The standard InChI is InChI=1S/C47H30N4O6/c52-40-37(39(43(55)45(57)44(40)56)49-31-19-7-1-13-25(31)26-14-2-8-20-32(26)49)38-41(53)46(50-33-21-9-3-15-27(33)28-16-4-10-22-34(28)50)48-47(42(38)54)51-35-23-11-5-17-29(35)30-18-6-12-24-36(30)51/h1-24,52-57H. The predicted molar refractivity (Wildman–Crippen MR) is 223 cm³/mol. The van der Waals surface area contributed by atoms with Crippen LogP contribution in [-0.2, 0) is 0 Å². The SMILES string of the molecule is Oc1c(O)c(O)c(-n2c3ccccc3c3ccccc32)c(-c2c(O)c(-n3c4ccccc4c4ccccc43)nc(-n3c4ccccc4c4ccccc43)c2O)c1O. The first kappa shape index (κ1) is 32.3. The maximum absolute atomic E-state index is 12.8. The van der Waals surface area contributed by atoms with Crippen molar-refractivity contribution in [1.82, 2.24) is 18.7 Å². The molecule has 0 radical (unpaired) electrons. The molecule has 4 aromatic heterocycles. The Morgan fingerprint density at radius 2 is 0.561 bits per heavy atom. The average Bonchev–Trinajstić information content (AvgIpc) is 3.88. The van der Waals surface area contributed by atoms with E-state index in [0.29, 0.717) is 33.1 Å². The van der Waals surface area contributed by atoms with E-state index >= 15 is 0 Å². The molecule has 0 aliphatic rings. The van der Waals surface area contributed by atoms with Gasteiger partial charge in [-0.1, -0.05) is 109 Å². The topological polar surface area (TPSA) is 149 Å². The number of fused-ring (bicyclic) bond motifs is 9. The Morgan fingerprint density at radius 1 is 0.281 bits per heavy atom. The van der Waals surface area contributed by atoms with Gasteiger partial charge in [-0.05, 0) is 36.4 Å². The molecule has 274 valence electrons. The Labute approximate surface area is 322 Å². The number of phenols is 4. The van der Waals surface area contributed by atoms with Crippen LogP contribution < -0.4 is 0 Å². The van der Waals surface area contributed by atoms with Gasteiger partial charge in [-0.15, -0.1) is 0 Å². The van der Waals surface area contributed by atoms with Crippen LogP contribution in [0.1, 0.15) is 0 Å². The van der Waals surface area contributed by atoms with Gasteiger partial charge in [0.05, 0.1) is 44.2 Å². The molecule has 0 saturated carbocycles. The number of hydrogen-bond donors (Lipinski definition) is 6. The number of phenolic OH excluding ortho intramolecular Hbond substituents is 4. The summed E-state index contributed by atoms with van der Waals surface area (Å²) >= 11 is 0. The molecule has 11 rings (SSSR count). The Morgan fingerprint density at radius 3 is 0.895 bits per heavy atom. The second-order valence-electron chi connectivity index (χ2n) is 14.1. The molecular weight excluding hydrogens is 717 g/mol. The highest BCUT2D eigenvalue weighted by Gasteiger charge is 2.35. The van der Waals surface area contributed by atoms with E-state index in [9.17, 15) is 30.6 Å². The van der Waals surface area contributed by atoms with Gasteiger partial charge in [-0.3, -0.25) is 9.13 Å². The van der Waals surface area contributed by atoms with E-state index in [1.165, 1.54) is 0 Å². The fourth-order valence-electron chi connectivity index (χ4n) is 8.70. The minimum absolute atomic E-state index is 0.00307. The van der Waals surface area contributed by atoms with Crippen molar-refractivity contribution in [3.63, 3.8) is 0 Å². The van der Waals surface area contributed by atoms with Crippen LogP contribution in [-0.4, -0.2) is 49.3 Å². The normalized spacial score (nSPS) is 11.9. The molecule has 0 saturated heterocycles. The van der Waals surface area contributed by atoms with Gasteiger partial charge in [0.15, 0.2) is 34.6 Å². The summed E-state index contributed by atoms with van der Waals surface area (Å²) in [6, 6.07) is 45.6. The lowest BCUT2D eigenvalue weighted by molar-refractivity contribution is 0.346. The molecule has 10 nitrogen and oxygen atoms in total. The number of benzene rings is 7. The van der Waals surface area contributed by atoms with Crippen molar-refractivity contribution in [3.8, 4) is 62.9 Å². The zero-order chi connectivity index (χ0) is 38.7. The summed E-state index contributed by atoms with van der Waals surface area (Å²) in [4.78, 5) is 5.09. The van der Waals surface area contributed by atoms with Crippen molar-refractivity contribution in [2.24, 2.45) is 0 Å². The van der Waals surface area contributed by atoms with Crippen molar-refractivity contribution in [1.29, 1.82) is 0 Å². The van der Waals surface area contributed by atoms with E-state index in [4.69, 9.17) is 4.98 Å². The van der Waals surface area contributed by atoms with E-state index in [0.717, 1.165) is 32.3 Å². The highest BCUT2D eigenvalue weighted by molar-refractivity contribution is 6.13. The van der Waals surface area contributed by atoms with Crippen LogP contribution in [0.15, 0.2) is 146 Å². The minimum atomic E-state index is -1.04. The van der Waals surface area contributed by atoms with E-state index in [2.05, 4.69) is 0 Å². The lowest BCUT2D eigenvalue weighted by Gasteiger charge is -2.23. The first-order chi connectivity index (χ1) is 27.8. The Hall–Kier alpha value is -8.11. The molecule has 57 heavy (non-hydrogen) atoms. The number of para-hydroxylation sites is 6. The van der Waals surface area contributed by atoms with Crippen LogP contribution in [0.5, 0.6) is 34.5 Å². The maximum Gasteiger partial charge on any atom is 0.206 e. The highest BCUT2D eigenvalue weighted by atomic mass is 16.3. The second kappa shape index (κ2) is 11.7. The molecule has 0 fully saturated rings. The summed E-state index contributed by atoms with van der Waals surface area (Å²) in [5.41, 5.74) is 3.08. The van der Waals surface area contributed by atoms with Crippen LogP contribution in [0.25, 0.3) is 93.9 Å². The van der Waals surface area contributed by atoms with Crippen LogP contribution >= 0.6 is 0 Å². The van der Waals surface area contributed by atoms with E-state index in [1.807, 2.05) is 146 Å². The summed E-state index contributed by atoms with van der Waals surface area (Å²) in [6.45, 7) is 0. The smallest absolute Gasteiger partial charge is 0.206 e. The predicted octanol–water partition coefficient (Wildman–Crippen LogP) is 10.3. The first-order valence-corrected chi connectivity index (χ1v) is 18.3. The Kier molecular flexibility index (Phi) is 6.63. The maximum atomic E-state index is 12.8. The molecule has 0 spiro atoms. The minimum Gasteiger partial charge on any atom is -0.504 e. The summed E-state index contributed by atoms with van der Waals surface area (Å²) < 4.78 is 5.21. The van der Waals surface area contributed by atoms with Gasteiger partial charge >= 0.3 is 0 Å². The number of nitrogens with zero attached hydrogens (tertiary/aromatic N) is 4. The molecule has 0 bridgehead atoms. The molecule has 10 heteroatoms. The van der Waals surface area contributed by atoms with Crippen LogP contribution in [0.4, 0.5) is 0 Å². The second-order valence-corrected chi connectivity index (χ2v) is 14.1. The zero-order valence-corrected chi connectivity index (χ0v) is 29.8. The van der Waals surface area contributed by atoms with Gasteiger partial charge in [0.25, 0.3) is 0 Å². The monoisotopic (exact) mass is 746 g/mol. The average molecular weight is 747 g/mol. The molecule has 0 unspecified atom stereocenters. The quantitative estimate of drug-likeness (QED) is 0.0775. The van der Waals surface area contributed by atoms with Crippen molar-refractivity contribution < 1.29 is 30.6 Å². The summed E-state index contributed by atoms with van der Waals surface area (Å²) in [7, 11) is 0. The number of aromatic hydroxyl groups is 6. The van der Waals surface area contributed by atoms with Crippen molar-refractivity contribution in [2.45, 2.75) is 0 Å². The number of rotatable bonds is 4. The fourth-order valence-corrected chi connectivity index (χ4v) is 8.70. The molecule has 7 aromatic carbocycles. The third kappa shape index (κ3) is 4.26. The number of aromatic nitrogens is 4. The third-order valence-corrected chi connectivity index (χ3v) is 11.1. The fraction of sp³-hybridized carbons (Fsp3) is 0. The highest BCUT2D eigenvalue weighted by Crippen LogP contribution is 2.59. The van der Waals surface area contributed by atoms with Crippen molar-refractivity contribution in [2.75, 3.05) is 0 Å². The van der Waals surface area contributed by atoms with Gasteiger partial charge in [0.1, 0.15) is 5.69 Å². The molecule has 0 aliphatic carbocycles. The van der Waals surface area contributed by atoms with Crippen LogP contribution in [0, 0.1) is 0 Å². The molecule has 4 heterocycles. The number of hydrogen-bond acceptors (Lipinski definition) is 7. The van der Waals surface area contributed by atoms with E-state index in [-0.39, 0.29) is 28.5 Å². The third-order valence-electron chi connectivity index (χ3n) is 11.1. The van der Waals surface area contributed by atoms with Crippen molar-refractivity contribution in [3.05, 3.63) is 146 Å². The van der Waals surface area contributed by atoms with Crippen molar-refractivity contribution >= 4 is 65.4 Å². The summed E-state index contributed by atoms with van der Waals surface area (Å²) in [6.07, 6.45) is 0. The van der Waals surface area contributed by atoms with Gasteiger partial charge in [-0.2, -0.15) is 0 Å². The lowest BCUT2D eigenvalue weighted by Crippen LogP contribution is -2.07. The summed E-state index contributed by atoms with van der Waals surface area (Å²) in [5.74, 6) is -4.84. The number of pyridine rings is 1.